The monoisotopic (exact) mass is 138 g/mol. The lowest BCUT2D eigenvalue weighted by Gasteiger charge is -1.78. The van der Waals surface area contributed by atoms with Crippen LogP contribution in [-0.2, 0) is 0 Å². The predicted octanol–water partition coefficient (Wildman–Crippen LogP) is 1.57. The number of aromatic amines is 1. The molecule has 1 aromatic rings. The first kappa shape index (κ1) is 6.54. The highest BCUT2D eigenvalue weighted by molar-refractivity contribution is 5.47. The van der Waals surface area contributed by atoms with Crippen LogP contribution in [0.3, 0.4) is 0 Å². The maximum atomic E-state index is 10.1. The first-order valence-electron chi connectivity index (χ1n) is 2.69. The Labute approximate surface area is 57.3 Å². The van der Waals surface area contributed by atoms with E-state index < -0.39 is 4.92 Å². The summed E-state index contributed by atoms with van der Waals surface area (Å²) in [5.74, 6) is 0. The molecule has 0 amide bonds. The van der Waals surface area contributed by atoms with E-state index in [9.17, 15) is 10.1 Å². The van der Waals surface area contributed by atoms with Gasteiger partial charge in [-0.25, -0.2) is 0 Å². The van der Waals surface area contributed by atoms with Crippen molar-refractivity contribution in [2.45, 2.75) is 0 Å². The Morgan fingerprint density at radius 1 is 1.80 bits per heavy atom. The van der Waals surface area contributed by atoms with Crippen LogP contribution in [0.5, 0.6) is 0 Å². The van der Waals surface area contributed by atoms with E-state index in [0.717, 1.165) is 0 Å². The van der Waals surface area contributed by atoms with Gasteiger partial charge in [0.05, 0.1) is 11.1 Å². The molecular weight excluding hydrogens is 132 g/mol. The molecule has 10 heavy (non-hydrogen) atoms. The standard InChI is InChI=1S/C6H6N2O2/c1-2-5-3-6(4-7-5)8(9)10/h2-4,7H,1H2. The van der Waals surface area contributed by atoms with E-state index in [4.69, 9.17) is 0 Å². The quantitative estimate of drug-likeness (QED) is 0.498. The van der Waals surface area contributed by atoms with Crippen LogP contribution < -0.4 is 0 Å². The summed E-state index contributed by atoms with van der Waals surface area (Å²) in [6.07, 6.45) is 2.85. The van der Waals surface area contributed by atoms with Crippen molar-refractivity contribution in [1.82, 2.24) is 4.98 Å². The van der Waals surface area contributed by atoms with E-state index >= 15 is 0 Å². The minimum atomic E-state index is -0.455. The molecule has 4 nitrogen and oxygen atoms in total. The van der Waals surface area contributed by atoms with Crippen LogP contribution in [0.1, 0.15) is 5.69 Å². The molecule has 0 unspecified atom stereocenters. The van der Waals surface area contributed by atoms with Crippen molar-refractivity contribution in [1.29, 1.82) is 0 Å². The molecule has 1 rings (SSSR count). The molecule has 0 radical (unpaired) electrons. The molecule has 0 fully saturated rings. The van der Waals surface area contributed by atoms with Crippen LogP contribution in [0.2, 0.25) is 0 Å². The van der Waals surface area contributed by atoms with Gasteiger partial charge < -0.3 is 4.98 Å². The van der Waals surface area contributed by atoms with Gasteiger partial charge in [0.1, 0.15) is 0 Å². The van der Waals surface area contributed by atoms with Crippen molar-refractivity contribution < 1.29 is 4.92 Å². The van der Waals surface area contributed by atoms with E-state index in [1.165, 1.54) is 18.3 Å². The number of nitrogens with zero attached hydrogens (tertiary/aromatic N) is 1. The van der Waals surface area contributed by atoms with Crippen molar-refractivity contribution in [3.05, 3.63) is 34.7 Å². The van der Waals surface area contributed by atoms with Gasteiger partial charge in [-0.15, -0.1) is 0 Å². The van der Waals surface area contributed by atoms with Crippen molar-refractivity contribution in [2.24, 2.45) is 0 Å². The number of rotatable bonds is 2. The third-order valence-electron chi connectivity index (χ3n) is 1.12. The molecule has 0 bridgehead atoms. The second-order valence-corrected chi connectivity index (χ2v) is 1.77. The summed E-state index contributed by atoms with van der Waals surface area (Å²) < 4.78 is 0. The highest BCUT2D eigenvalue weighted by Gasteiger charge is 2.05. The number of aromatic nitrogens is 1. The van der Waals surface area contributed by atoms with Gasteiger partial charge in [0.25, 0.3) is 5.69 Å². The minimum Gasteiger partial charge on any atom is -0.356 e. The Bertz CT molecular complexity index is 264. The molecular formula is C6H6N2O2. The van der Waals surface area contributed by atoms with Crippen molar-refractivity contribution in [3.8, 4) is 0 Å². The Kier molecular flexibility index (Phi) is 1.53. The van der Waals surface area contributed by atoms with Crippen molar-refractivity contribution in [2.75, 3.05) is 0 Å². The van der Waals surface area contributed by atoms with Crippen LogP contribution in [0.4, 0.5) is 5.69 Å². The van der Waals surface area contributed by atoms with Crippen LogP contribution in [0.25, 0.3) is 6.08 Å². The van der Waals surface area contributed by atoms with E-state index in [0.29, 0.717) is 5.69 Å². The molecule has 1 N–H and O–H groups in total. The number of nitrogens with one attached hydrogen (secondary N) is 1. The molecule has 0 saturated heterocycles. The van der Waals surface area contributed by atoms with Crippen LogP contribution in [0, 0.1) is 10.1 Å². The van der Waals surface area contributed by atoms with Gasteiger partial charge in [0, 0.05) is 11.8 Å². The molecule has 0 spiro atoms. The second-order valence-electron chi connectivity index (χ2n) is 1.77. The van der Waals surface area contributed by atoms with Crippen LogP contribution in [0.15, 0.2) is 18.8 Å². The van der Waals surface area contributed by atoms with Gasteiger partial charge in [-0.2, -0.15) is 0 Å². The van der Waals surface area contributed by atoms with E-state index in [-0.39, 0.29) is 5.69 Å². The van der Waals surface area contributed by atoms with E-state index in [2.05, 4.69) is 11.6 Å². The molecule has 0 aliphatic heterocycles. The van der Waals surface area contributed by atoms with Crippen LogP contribution in [-0.4, -0.2) is 9.91 Å². The van der Waals surface area contributed by atoms with Crippen molar-refractivity contribution in [3.63, 3.8) is 0 Å². The Hall–Kier alpha value is -1.58. The first-order chi connectivity index (χ1) is 4.74. The fourth-order valence-electron chi connectivity index (χ4n) is 0.623. The zero-order chi connectivity index (χ0) is 7.56. The number of hydrogen-bond donors (Lipinski definition) is 1. The largest absolute Gasteiger partial charge is 0.356 e. The summed E-state index contributed by atoms with van der Waals surface area (Å²) in [5.41, 5.74) is 0.724. The molecule has 52 valence electrons. The summed E-state index contributed by atoms with van der Waals surface area (Å²) in [7, 11) is 0. The van der Waals surface area contributed by atoms with Crippen molar-refractivity contribution >= 4 is 11.8 Å². The predicted molar refractivity (Wildman–Crippen MR) is 37.5 cm³/mol. The van der Waals surface area contributed by atoms with Gasteiger partial charge in [-0.3, -0.25) is 10.1 Å². The zero-order valence-electron chi connectivity index (χ0n) is 5.20. The highest BCUT2D eigenvalue weighted by atomic mass is 16.6. The zero-order valence-corrected chi connectivity index (χ0v) is 5.20. The summed E-state index contributed by atoms with van der Waals surface area (Å²) in [6.45, 7) is 3.45. The summed E-state index contributed by atoms with van der Waals surface area (Å²) in [4.78, 5) is 12.3. The van der Waals surface area contributed by atoms with Crippen LogP contribution >= 0.6 is 0 Å². The van der Waals surface area contributed by atoms with E-state index in [1.807, 2.05) is 0 Å². The molecule has 1 aromatic heterocycles. The molecule has 0 aromatic carbocycles. The second kappa shape index (κ2) is 2.34. The minimum absolute atomic E-state index is 0.0647. The lowest BCUT2D eigenvalue weighted by molar-refractivity contribution is -0.384. The van der Waals surface area contributed by atoms with E-state index in [1.54, 1.807) is 0 Å². The Balaban J connectivity index is 2.98. The lowest BCUT2D eigenvalue weighted by atomic mass is 10.4. The average Bonchev–Trinajstić information content (AvgIpc) is 2.34. The molecule has 0 atom stereocenters. The number of H-pyrrole nitrogens is 1. The summed E-state index contributed by atoms with van der Waals surface area (Å²) in [5, 5.41) is 10.1. The van der Waals surface area contributed by atoms with Gasteiger partial charge in [-0.05, 0) is 6.08 Å². The highest BCUT2D eigenvalue weighted by Crippen LogP contribution is 2.11. The number of hydrogen-bond acceptors (Lipinski definition) is 2. The summed E-state index contributed by atoms with van der Waals surface area (Å²) in [6, 6.07) is 1.42. The maximum Gasteiger partial charge on any atom is 0.287 e. The lowest BCUT2D eigenvalue weighted by Crippen LogP contribution is -1.82. The van der Waals surface area contributed by atoms with Gasteiger partial charge >= 0.3 is 0 Å². The van der Waals surface area contributed by atoms with Gasteiger partial charge in [0.2, 0.25) is 0 Å². The smallest absolute Gasteiger partial charge is 0.287 e. The van der Waals surface area contributed by atoms with Gasteiger partial charge in [0.15, 0.2) is 0 Å². The SMILES string of the molecule is C=Cc1cc([N+](=O)[O-])c[nH]1. The molecule has 4 heteroatoms. The number of nitro groups is 1. The molecule has 1 heterocycles. The fraction of sp³-hybridized carbons (Fsp3) is 0. The average molecular weight is 138 g/mol. The van der Waals surface area contributed by atoms with Gasteiger partial charge in [-0.1, -0.05) is 6.58 Å². The Morgan fingerprint density at radius 3 is 2.80 bits per heavy atom. The topological polar surface area (TPSA) is 58.9 Å². The fourth-order valence-corrected chi connectivity index (χ4v) is 0.623. The normalized spacial score (nSPS) is 9.20. The molecule has 0 aliphatic rings. The molecule has 0 saturated carbocycles. The third kappa shape index (κ3) is 1.05. The summed E-state index contributed by atoms with van der Waals surface area (Å²) >= 11 is 0. The molecule has 0 aliphatic carbocycles. The maximum absolute atomic E-state index is 10.1. The Morgan fingerprint density at radius 2 is 2.50 bits per heavy atom. The first-order valence-corrected chi connectivity index (χ1v) is 2.69. The third-order valence-corrected chi connectivity index (χ3v) is 1.12.